The van der Waals surface area contributed by atoms with Crippen LogP contribution in [-0.4, -0.2) is 11.7 Å². The average Bonchev–Trinajstić information content (AvgIpc) is 2.59. The van der Waals surface area contributed by atoms with Gasteiger partial charge in [0.1, 0.15) is 5.75 Å². The number of pyridine rings is 1. The van der Waals surface area contributed by atoms with Crippen LogP contribution in [0.4, 0.5) is 0 Å². The van der Waals surface area contributed by atoms with Gasteiger partial charge in [-0.2, -0.15) is 0 Å². The molecule has 0 aliphatic heterocycles. The molecule has 4 rings (SSSR count). The van der Waals surface area contributed by atoms with Gasteiger partial charge in [0, 0.05) is 17.8 Å². The summed E-state index contributed by atoms with van der Waals surface area (Å²) in [4.78, 5) is 13.2. The first kappa shape index (κ1) is 15.5. The summed E-state index contributed by atoms with van der Waals surface area (Å²) in [7, 11) is 1.67. The molecule has 126 valence electrons. The molecule has 0 atom stereocenters. The van der Waals surface area contributed by atoms with Crippen LogP contribution in [0.15, 0.2) is 35.1 Å². The minimum absolute atomic E-state index is 0.188. The van der Waals surface area contributed by atoms with Crippen molar-refractivity contribution in [2.45, 2.75) is 51.5 Å². The molecule has 24 heavy (non-hydrogen) atoms. The van der Waals surface area contributed by atoms with Crippen molar-refractivity contribution in [3.05, 3.63) is 51.9 Å². The van der Waals surface area contributed by atoms with E-state index in [2.05, 4.69) is 10.6 Å². The molecular formula is C21H25NO2. The van der Waals surface area contributed by atoms with E-state index in [4.69, 9.17) is 4.74 Å². The van der Waals surface area contributed by atoms with Crippen molar-refractivity contribution in [3.63, 3.8) is 0 Å². The lowest BCUT2D eigenvalue weighted by molar-refractivity contribution is 0.269. The Balaban J connectivity index is 1.80. The lowest BCUT2D eigenvalue weighted by Crippen LogP contribution is -2.32. The fraction of sp³-hybridized carbons (Fsp3) is 0.476. The van der Waals surface area contributed by atoms with Crippen molar-refractivity contribution in [1.82, 2.24) is 4.57 Å². The first-order chi connectivity index (χ1) is 11.8. The van der Waals surface area contributed by atoms with Crippen LogP contribution in [0.3, 0.4) is 0 Å². The third-order valence-electron chi connectivity index (χ3n) is 5.67. The number of ether oxygens (including phenoxy) is 1. The minimum atomic E-state index is 0.188. The zero-order valence-corrected chi connectivity index (χ0v) is 14.4. The van der Waals surface area contributed by atoms with Gasteiger partial charge in [-0.25, -0.2) is 0 Å². The van der Waals surface area contributed by atoms with Crippen molar-refractivity contribution < 1.29 is 4.74 Å². The molecule has 2 aliphatic carbocycles. The SMILES string of the molecule is COc1ccc(-c2cc3c(n(CC4CCC4)c2=O)CCCC3)cc1. The predicted molar refractivity (Wildman–Crippen MR) is 96.7 cm³/mol. The second-order valence-corrected chi connectivity index (χ2v) is 7.18. The summed E-state index contributed by atoms with van der Waals surface area (Å²) in [6.07, 6.45) is 8.46. The van der Waals surface area contributed by atoms with Crippen molar-refractivity contribution in [1.29, 1.82) is 0 Å². The van der Waals surface area contributed by atoms with E-state index in [1.54, 1.807) is 7.11 Å². The number of benzene rings is 1. The molecule has 1 aromatic heterocycles. The standard InChI is InChI=1S/C21H25NO2/c1-24-18-11-9-16(10-12-18)19-13-17-7-2-3-8-20(17)22(21(19)23)14-15-5-4-6-15/h9-13,15H,2-8,14H2,1H3. The van der Waals surface area contributed by atoms with Crippen LogP contribution in [0.1, 0.15) is 43.4 Å². The Morgan fingerprint density at radius 1 is 1.08 bits per heavy atom. The van der Waals surface area contributed by atoms with Crippen molar-refractivity contribution >= 4 is 0 Å². The molecule has 0 bridgehead atoms. The molecule has 3 heteroatoms. The normalized spacial score (nSPS) is 17.2. The Kier molecular flexibility index (Phi) is 4.17. The lowest BCUT2D eigenvalue weighted by Gasteiger charge is -2.30. The number of fused-ring (bicyclic) bond motifs is 1. The van der Waals surface area contributed by atoms with E-state index in [1.165, 1.54) is 43.4 Å². The van der Waals surface area contributed by atoms with E-state index < -0.39 is 0 Å². The van der Waals surface area contributed by atoms with Gasteiger partial charge >= 0.3 is 0 Å². The number of methoxy groups -OCH3 is 1. The summed E-state index contributed by atoms with van der Waals surface area (Å²) < 4.78 is 7.35. The number of aryl methyl sites for hydroxylation is 1. The van der Waals surface area contributed by atoms with Crippen LogP contribution in [-0.2, 0) is 19.4 Å². The van der Waals surface area contributed by atoms with Crippen molar-refractivity contribution in [2.75, 3.05) is 7.11 Å². The highest BCUT2D eigenvalue weighted by molar-refractivity contribution is 5.64. The van der Waals surface area contributed by atoms with E-state index >= 15 is 0 Å². The number of aromatic nitrogens is 1. The second kappa shape index (κ2) is 6.46. The van der Waals surface area contributed by atoms with E-state index in [0.717, 1.165) is 36.3 Å². The van der Waals surface area contributed by atoms with Gasteiger partial charge in [-0.15, -0.1) is 0 Å². The molecule has 0 spiro atoms. The molecule has 2 aromatic rings. The first-order valence-corrected chi connectivity index (χ1v) is 9.16. The van der Waals surface area contributed by atoms with Gasteiger partial charge in [0.2, 0.25) is 0 Å². The van der Waals surface area contributed by atoms with Gasteiger partial charge in [0.05, 0.1) is 7.11 Å². The number of nitrogens with zero attached hydrogens (tertiary/aromatic N) is 1. The molecule has 0 N–H and O–H groups in total. The zero-order valence-electron chi connectivity index (χ0n) is 14.4. The Morgan fingerprint density at radius 2 is 1.83 bits per heavy atom. The number of hydrogen-bond donors (Lipinski definition) is 0. The topological polar surface area (TPSA) is 31.2 Å². The maximum Gasteiger partial charge on any atom is 0.258 e. The highest BCUT2D eigenvalue weighted by atomic mass is 16.5. The molecule has 1 saturated carbocycles. The zero-order chi connectivity index (χ0) is 16.5. The number of hydrogen-bond acceptors (Lipinski definition) is 2. The quantitative estimate of drug-likeness (QED) is 0.844. The third-order valence-corrected chi connectivity index (χ3v) is 5.67. The average molecular weight is 323 g/mol. The number of rotatable bonds is 4. The fourth-order valence-electron chi connectivity index (χ4n) is 3.98. The van der Waals surface area contributed by atoms with E-state index in [0.29, 0.717) is 5.92 Å². The molecule has 0 amide bonds. The van der Waals surface area contributed by atoms with Gasteiger partial charge in [-0.05, 0) is 73.8 Å². The summed E-state index contributed by atoms with van der Waals surface area (Å²) in [5.41, 5.74) is 4.71. The molecule has 0 radical (unpaired) electrons. The Labute approximate surface area is 143 Å². The predicted octanol–water partition coefficient (Wildman–Crippen LogP) is 4.20. The summed E-state index contributed by atoms with van der Waals surface area (Å²) in [5, 5.41) is 0. The molecule has 1 fully saturated rings. The largest absolute Gasteiger partial charge is 0.497 e. The summed E-state index contributed by atoms with van der Waals surface area (Å²) in [5.74, 6) is 1.52. The molecule has 0 unspecified atom stereocenters. The Hall–Kier alpha value is -2.03. The maximum absolute atomic E-state index is 13.2. The lowest BCUT2D eigenvalue weighted by atomic mass is 9.84. The summed E-state index contributed by atoms with van der Waals surface area (Å²) in [6, 6.07) is 10.0. The monoisotopic (exact) mass is 323 g/mol. The highest BCUT2D eigenvalue weighted by Crippen LogP contribution is 2.31. The Bertz CT molecular complexity index is 785. The first-order valence-electron chi connectivity index (χ1n) is 9.16. The second-order valence-electron chi connectivity index (χ2n) is 7.18. The highest BCUT2D eigenvalue weighted by Gasteiger charge is 2.23. The summed E-state index contributed by atoms with van der Waals surface area (Å²) >= 11 is 0. The molecule has 1 aromatic carbocycles. The van der Waals surface area contributed by atoms with Gasteiger partial charge in [0.15, 0.2) is 0 Å². The summed E-state index contributed by atoms with van der Waals surface area (Å²) in [6.45, 7) is 0.908. The van der Waals surface area contributed by atoms with Crippen LogP contribution in [0.25, 0.3) is 11.1 Å². The van der Waals surface area contributed by atoms with Crippen LogP contribution in [0.2, 0.25) is 0 Å². The molecular weight excluding hydrogens is 298 g/mol. The van der Waals surface area contributed by atoms with Crippen molar-refractivity contribution in [3.8, 4) is 16.9 Å². The molecule has 0 saturated heterocycles. The van der Waals surface area contributed by atoms with Gasteiger partial charge in [-0.1, -0.05) is 18.6 Å². The van der Waals surface area contributed by atoms with Gasteiger partial charge < -0.3 is 9.30 Å². The molecule has 2 aliphatic rings. The van der Waals surface area contributed by atoms with E-state index in [1.807, 2.05) is 24.3 Å². The van der Waals surface area contributed by atoms with Crippen LogP contribution in [0, 0.1) is 5.92 Å². The van der Waals surface area contributed by atoms with Crippen molar-refractivity contribution in [2.24, 2.45) is 5.92 Å². The molecule has 1 heterocycles. The maximum atomic E-state index is 13.2. The Morgan fingerprint density at radius 3 is 2.50 bits per heavy atom. The van der Waals surface area contributed by atoms with Crippen LogP contribution >= 0.6 is 0 Å². The van der Waals surface area contributed by atoms with E-state index in [-0.39, 0.29) is 5.56 Å². The van der Waals surface area contributed by atoms with Crippen LogP contribution in [0.5, 0.6) is 5.75 Å². The molecule has 3 nitrogen and oxygen atoms in total. The fourth-order valence-corrected chi connectivity index (χ4v) is 3.98. The van der Waals surface area contributed by atoms with Crippen LogP contribution < -0.4 is 10.3 Å². The van der Waals surface area contributed by atoms with Gasteiger partial charge in [0.25, 0.3) is 5.56 Å². The third kappa shape index (κ3) is 2.77. The van der Waals surface area contributed by atoms with Gasteiger partial charge in [-0.3, -0.25) is 4.79 Å². The van der Waals surface area contributed by atoms with E-state index in [9.17, 15) is 4.79 Å². The minimum Gasteiger partial charge on any atom is -0.497 e. The smallest absolute Gasteiger partial charge is 0.258 e.